The van der Waals surface area contributed by atoms with Crippen molar-refractivity contribution >= 4 is 34.7 Å². The molecule has 1 N–H and O–H groups in total. The predicted molar refractivity (Wildman–Crippen MR) is 122 cm³/mol. The van der Waals surface area contributed by atoms with Gasteiger partial charge in [-0.2, -0.15) is 5.06 Å². The van der Waals surface area contributed by atoms with E-state index in [2.05, 4.69) is 9.97 Å². The summed E-state index contributed by atoms with van der Waals surface area (Å²) < 4.78 is 5.35. The number of hydrogen-bond donors (Lipinski definition) is 1. The average Bonchev–Trinajstić information content (AvgIpc) is 2.88. The Bertz CT molecular complexity index is 1190. The Labute approximate surface area is 195 Å². The van der Waals surface area contributed by atoms with Crippen LogP contribution in [0.2, 0.25) is 0 Å². The fourth-order valence-corrected chi connectivity index (χ4v) is 4.02. The third kappa shape index (κ3) is 4.40. The first kappa shape index (κ1) is 23.1. The Balaban J connectivity index is 1.50. The molecule has 10 heteroatoms. The molecular formula is C24H24N4O6. The van der Waals surface area contributed by atoms with Crippen LogP contribution in [0.15, 0.2) is 60.9 Å². The molecule has 10 nitrogen and oxygen atoms in total. The van der Waals surface area contributed by atoms with Gasteiger partial charge in [-0.15, -0.1) is 0 Å². The number of aromatic nitrogens is 2. The zero-order chi connectivity index (χ0) is 24.1. The van der Waals surface area contributed by atoms with Crippen LogP contribution < -0.4 is 5.06 Å². The van der Waals surface area contributed by atoms with E-state index in [1.807, 2.05) is 30.3 Å². The number of benzene rings is 1. The molecule has 0 atom stereocenters. The number of fused-ring (bicyclic) bond motifs is 1. The van der Waals surface area contributed by atoms with Crippen molar-refractivity contribution in [3.05, 3.63) is 66.5 Å². The summed E-state index contributed by atoms with van der Waals surface area (Å²) in [6.07, 6.45) is 2.33. The van der Waals surface area contributed by atoms with E-state index in [0.717, 1.165) is 10.6 Å². The van der Waals surface area contributed by atoms with Gasteiger partial charge in [0, 0.05) is 25.5 Å². The van der Waals surface area contributed by atoms with Crippen molar-refractivity contribution in [1.82, 2.24) is 14.9 Å². The van der Waals surface area contributed by atoms with Crippen LogP contribution in [0, 0.1) is 5.41 Å². The molecule has 1 saturated heterocycles. The van der Waals surface area contributed by atoms with Gasteiger partial charge in [-0.1, -0.05) is 30.3 Å². The molecule has 0 aliphatic carbocycles. The first-order chi connectivity index (χ1) is 16.5. The summed E-state index contributed by atoms with van der Waals surface area (Å²) in [6, 6.07) is 14.2. The summed E-state index contributed by atoms with van der Waals surface area (Å²) in [7, 11) is 1.29. The molecule has 0 saturated carbocycles. The quantitative estimate of drug-likeness (QED) is 0.436. The lowest BCUT2D eigenvalue weighted by molar-refractivity contribution is -0.160. The van der Waals surface area contributed by atoms with Gasteiger partial charge in [-0.05, 0) is 36.6 Å². The molecule has 1 fully saturated rings. The molecule has 0 bridgehead atoms. The lowest BCUT2D eigenvalue weighted by Crippen LogP contribution is -2.55. The Morgan fingerprint density at radius 2 is 1.76 bits per heavy atom. The number of carboxylic acid groups (broad SMARTS) is 1. The maximum atomic E-state index is 13.6. The smallest absolute Gasteiger partial charge is 0.410 e. The first-order valence-corrected chi connectivity index (χ1v) is 10.7. The van der Waals surface area contributed by atoms with E-state index >= 15 is 0 Å². The van der Waals surface area contributed by atoms with E-state index in [0.29, 0.717) is 16.7 Å². The van der Waals surface area contributed by atoms with E-state index in [-0.39, 0.29) is 32.5 Å². The number of anilines is 1. The predicted octanol–water partition coefficient (Wildman–Crippen LogP) is 3.03. The van der Waals surface area contributed by atoms with Crippen LogP contribution in [0.25, 0.3) is 11.0 Å². The van der Waals surface area contributed by atoms with Gasteiger partial charge >= 0.3 is 12.1 Å². The lowest BCUT2D eigenvalue weighted by atomic mass is 9.77. The number of carbonyl (C=O) groups excluding carboxylic acids is 2. The van der Waals surface area contributed by atoms with Crippen molar-refractivity contribution in [3.8, 4) is 0 Å². The number of likely N-dealkylation sites (tertiary alicyclic amines) is 1. The number of hydroxylamine groups is 1. The van der Waals surface area contributed by atoms with Gasteiger partial charge in [0.05, 0.1) is 12.6 Å². The maximum absolute atomic E-state index is 13.6. The van der Waals surface area contributed by atoms with Crippen molar-refractivity contribution < 1.29 is 29.1 Å². The fourth-order valence-electron chi connectivity index (χ4n) is 4.02. The van der Waals surface area contributed by atoms with Gasteiger partial charge in [0.2, 0.25) is 0 Å². The maximum Gasteiger partial charge on any atom is 0.410 e. The van der Waals surface area contributed by atoms with Gasteiger partial charge in [0.15, 0.2) is 5.41 Å². The van der Waals surface area contributed by atoms with E-state index in [4.69, 9.17) is 9.57 Å². The molecular weight excluding hydrogens is 440 g/mol. The highest BCUT2D eigenvalue weighted by atomic mass is 16.7. The van der Waals surface area contributed by atoms with Crippen LogP contribution in [-0.2, 0) is 25.8 Å². The third-order valence-electron chi connectivity index (χ3n) is 5.96. The van der Waals surface area contributed by atoms with E-state index < -0.39 is 23.4 Å². The SMILES string of the molecule is CON(C(=O)C1(C(=O)O)CCN(C(=O)OCc2ccccc2)CC1)c1ccnc2cccnc12. The molecule has 2 aromatic heterocycles. The van der Waals surface area contributed by atoms with Crippen LogP contribution in [0.3, 0.4) is 0 Å². The topological polar surface area (TPSA) is 122 Å². The largest absolute Gasteiger partial charge is 0.480 e. The Morgan fingerprint density at radius 1 is 1.03 bits per heavy atom. The van der Waals surface area contributed by atoms with Crippen molar-refractivity contribution in [2.75, 3.05) is 25.3 Å². The lowest BCUT2D eigenvalue weighted by Gasteiger charge is -2.39. The summed E-state index contributed by atoms with van der Waals surface area (Å²) in [5.74, 6) is -2.01. The molecule has 1 aromatic carbocycles. The molecule has 2 amide bonds. The highest BCUT2D eigenvalue weighted by molar-refractivity contribution is 6.11. The monoisotopic (exact) mass is 464 g/mol. The van der Waals surface area contributed by atoms with Crippen LogP contribution >= 0.6 is 0 Å². The molecule has 0 radical (unpaired) electrons. The second-order valence-electron chi connectivity index (χ2n) is 7.90. The normalized spacial score (nSPS) is 15.0. The minimum Gasteiger partial charge on any atom is -0.480 e. The summed E-state index contributed by atoms with van der Waals surface area (Å²) in [6.45, 7) is 0.218. The van der Waals surface area contributed by atoms with Gasteiger partial charge in [-0.3, -0.25) is 24.4 Å². The number of amides is 2. The molecule has 3 aromatic rings. The Kier molecular flexibility index (Phi) is 6.69. The van der Waals surface area contributed by atoms with Crippen molar-refractivity contribution in [2.24, 2.45) is 5.41 Å². The number of rotatable bonds is 6. The number of aliphatic carboxylic acids is 1. The van der Waals surface area contributed by atoms with Crippen LogP contribution in [0.4, 0.5) is 10.5 Å². The van der Waals surface area contributed by atoms with E-state index in [1.54, 1.807) is 24.4 Å². The second-order valence-corrected chi connectivity index (χ2v) is 7.90. The average molecular weight is 464 g/mol. The number of carbonyl (C=O) groups is 3. The van der Waals surface area contributed by atoms with E-state index in [9.17, 15) is 19.5 Å². The van der Waals surface area contributed by atoms with Crippen molar-refractivity contribution in [1.29, 1.82) is 0 Å². The fraction of sp³-hybridized carbons (Fsp3) is 0.292. The number of pyridine rings is 2. The summed E-state index contributed by atoms with van der Waals surface area (Å²) in [5.41, 5.74) is 0.314. The van der Waals surface area contributed by atoms with Gasteiger partial charge in [0.1, 0.15) is 17.8 Å². The highest BCUT2D eigenvalue weighted by Crippen LogP contribution is 2.37. The van der Waals surface area contributed by atoms with Crippen molar-refractivity contribution in [3.63, 3.8) is 0 Å². The molecule has 1 aliphatic heterocycles. The summed E-state index contributed by atoms with van der Waals surface area (Å²) in [5, 5.41) is 11.0. The zero-order valence-electron chi connectivity index (χ0n) is 18.6. The summed E-state index contributed by atoms with van der Waals surface area (Å²) >= 11 is 0. The Morgan fingerprint density at radius 3 is 2.44 bits per heavy atom. The van der Waals surface area contributed by atoms with Gasteiger partial charge < -0.3 is 14.7 Å². The number of hydrogen-bond acceptors (Lipinski definition) is 7. The standard InChI is InChI=1S/C24H24N4O6/c1-33-28(19-9-13-25-18-8-5-12-26-20(18)19)21(29)24(22(30)31)10-14-27(15-11-24)23(32)34-16-17-6-3-2-4-7-17/h2-9,12-13H,10-11,14-16H2,1H3,(H,30,31). The summed E-state index contributed by atoms with van der Waals surface area (Å²) in [4.78, 5) is 53.7. The molecule has 3 heterocycles. The van der Waals surface area contributed by atoms with Crippen LogP contribution in [0.5, 0.6) is 0 Å². The molecule has 1 aliphatic rings. The number of piperidine rings is 1. The molecule has 0 spiro atoms. The molecule has 0 unspecified atom stereocenters. The number of carboxylic acids is 1. The zero-order valence-corrected chi connectivity index (χ0v) is 18.6. The molecule has 4 rings (SSSR count). The Hall–Kier alpha value is -4.05. The van der Waals surface area contributed by atoms with Gasteiger partial charge in [-0.25, -0.2) is 4.79 Å². The van der Waals surface area contributed by atoms with E-state index in [1.165, 1.54) is 18.2 Å². The minimum atomic E-state index is -1.77. The number of nitrogens with zero attached hydrogens (tertiary/aromatic N) is 4. The second kappa shape index (κ2) is 9.84. The number of ether oxygens (including phenoxy) is 1. The van der Waals surface area contributed by atoms with Crippen molar-refractivity contribution in [2.45, 2.75) is 19.4 Å². The van der Waals surface area contributed by atoms with Crippen LogP contribution in [-0.4, -0.2) is 58.1 Å². The third-order valence-corrected chi connectivity index (χ3v) is 5.96. The van der Waals surface area contributed by atoms with Crippen LogP contribution in [0.1, 0.15) is 18.4 Å². The molecule has 34 heavy (non-hydrogen) atoms. The highest BCUT2D eigenvalue weighted by Gasteiger charge is 2.52. The first-order valence-electron chi connectivity index (χ1n) is 10.7. The minimum absolute atomic E-state index is 0.0541. The molecule has 176 valence electrons. The van der Waals surface area contributed by atoms with Gasteiger partial charge in [0.25, 0.3) is 5.91 Å².